The summed E-state index contributed by atoms with van der Waals surface area (Å²) in [4.78, 5) is 29.8. The normalized spacial score (nSPS) is 16.5. The molecule has 1 aromatic heterocycles. The minimum absolute atomic E-state index is 0.0140. The summed E-state index contributed by atoms with van der Waals surface area (Å²) in [5, 5.41) is 5.81. The number of nitrogens with zero attached hydrogens (tertiary/aromatic N) is 2. The third-order valence-corrected chi connectivity index (χ3v) is 4.17. The molecule has 1 fully saturated rings. The molecule has 2 aromatic rings. The van der Waals surface area contributed by atoms with Crippen LogP contribution in [-0.4, -0.2) is 35.9 Å². The molecule has 2 heterocycles. The van der Waals surface area contributed by atoms with Gasteiger partial charge in [-0.15, -0.1) is 0 Å². The van der Waals surface area contributed by atoms with Crippen molar-refractivity contribution >= 4 is 23.3 Å². The van der Waals surface area contributed by atoms with Gasteiger partial charge < -0.3 is 15.5 Å². The molecule has 3 rings (SSSR count). The van der Waals surface area contributed by atoms with Crippen molar-refractivity contribution in [2.45, 2.75) is 25.8 Å². The van der Waals surface area contributed by atoms with Gasteiger partial charge in [-0.1, -0.05) is 18.2 Å². The Hall–Kier alpha value is -2.89. The van der Waals surface area contributed by atoms with E-state index in [0.717, 1.165) is 36.6 Å². The molecule has 1 aliphatic heterocycles. The highest BCUT2D eigenvalue weighted by molar-refractivity contribution is 5.88. The molecule has 1 aromatic carbocycles. The molecule has 6 nitrogen and oxygen atoms in total. The maximum atomic E-state index is 12.3. The highest BCUT2D eigenvalue weighted by atomic mass is 16.2. The molecule has 0 bridgehead atoms. The first-order valence-corrected chi connectivity index (χ1v) is 8.42. The molecule has 2 N–H and O–H groups in total. The highest BCUT2D eigenvalue weighted by Gasteiger charge is 2.24. The van der Waals surface area contributed by atoms with E-state index in [-0.39, 0.29) is 17.9 Å². The van der Waals surface area contributed by atoms with Crippen molar-refractivity contribution in [3.63, 3.8) is 0 Å². The summed E-state index contributed by atoms with van der Waals surface area (Å²) in [7, 11) is 0. The smallest absolute Gasteiger partial charge is 0.224 e. The second kappa shape index (κ2) is 7.79. The Morgan fingerprint density at radius 1 is 1.20 bits per heavy atom. The van der Waals surface area contributed by atoms with Crippen LogP contribution in [0.25, 0.3) is 0 Å². The lowest BCUT2D eigenvalue weighted by Gasteiger charge is -2.17. The van der Waals surface area contributed by atoms with Crippen molar-refractivity contribution in [3.8, 4) is 0 Å². The molecular formula is C19H22N4O2. The fraction of sp³-hybridized carbons (Fsp3) is 0.316. The summed E-state index contributed by atoms with van der Waals surface area (Å²) in [6, 6.07) is 13.3. The van der Waals surface area contributed by atoms with Gasteiger partial charge in [-0.25, -0.2) is 4.98 Å². The SMILES string of the molecule is CC(=O)Nc1ccc(CC(=O)NC2CCN(c3ccccn3)C2)cc1. The van der Waals surface area contributed by atoms with Crippen LogP contribution in [0, 0.1) is 0 Å². The summed E-state index contributed by atoms with van der Waals surface area (Å²) in [5.41, 5.74) is 1.66. The second-order valence-electron chi connectivity index (χ2n) is 6.24. The minimum atomic E-state index is -0.107. The number of hydrogen-bond acceptors (Lipinski definition) is 4. The maximum Gasteiger partial charge on any atom is 0.224 e. The van der Waals surface area contributed by atoms with E-state index in [1.165, 1.54) is 6.92 Å². The average molecular weight is 338 g/mol. The van der Waals surface area contributed by atoms with Gasteiger partial charge in [0.1, 0.15) is 5.82 Å². The van der Waals surface area contributed by atoms with Gasteiger partial charge in [0.05, 0.1) is 6.42 Å². The Balaban J connectivity index is 1.49. The van der Waals surface area contributed by atoms with E-state index in [1.807, 2.05) is 42.5 Å². The van der Waals surface area contributed by atoms with Gasteiger partial charge in [-0.3, -0.25) is 9.59 Å². The van der Waals surface area contributed by atoms with Gasteiger partial charge in [0, 0.05) is 37.9 Å². The van der Waals surface area contributed by atoms with Gasteiger partial charge >= 0.3 is 0 Å². The monoisotopic (exact) mass is 338 g/mol. The van der Waals surface area contributed by atoms with E-state index < -0.39 is 0 Å². The first kappa shape index (κ1) is 17.0. The highest BCUT2D eigenvalue weighted by Crippen LogP contribution is 2.17. The van der Waals surface area contributed by atoms with Gasteiger partial charge in [-0.2, -0.15) is 0 Å². The standard InChI is InChI=1S/C19H22N4O2/c1-14(24)21-16-7-5-15(6-8-16)12-19(25)22-17-9-11-23(13-17)18-4-2-3-10-20-18/h2-8,10,17H,9,11-13H2,1H3,(H,21,24)(H,22,25). The van der Waals surface area contributed by atoms with Crippen molar-refractivity contribution in [1.82, 2.24) is 10.3 Å². The number of anilines is 2. The fourth-order valence-electron chi connectivity index (χ4n) is 3.00. The summed E-state index contributed by atoms with van der Waals surface area (Å²) < 4.78 is 0. The Morgan fingerprint density at radius 2 is 2.00 bits per heavy atom. The van der Waals surface area contributed by atoms with Gasteiger partial charge in [0.2, 0.25) is 11.8 Å². The summed E-state index contributed by atoms with van der Waals surface area (Å²) in [5.74, 6) is 0.858. The molecule has 1 atom stereocenters. The lowest BCUT2D eigenvalue weighted by Crippen LogP contribution is -2.38. The molecule has 6 heteroatoms. The number of hydrogen-bond donors (Lipinski definition) is 2. The van der Waals surface area contributed by atoms with Crippen molar-refractivity contribution in [2.75, 3.05) is 23.3 Å². The number of nitrogens with one attached hydrogen (secondary N) is 2. The summed E-state index contributed by atoms with van der Waals surface area (Å²) in [6.07, 6.45) is 3.04. The van der Waals surface area contributed by atoms with Gasteiger partial charge in [0.15, 0.2) is 0 Å². The van der Waals surface area contributed by atoms with Crippen LogP contribution in [0.5, 0.6) is 0 Å². The topological polar surface area (TPSA) is 74.3 Å². The Kier molecular flexibility index (Phi) is 5.28. The van der Waals surface area contributed by atoms with Crippen molar-refractivity contribution in [2.24, 2.45) is 0 Å². The van der Waals surface area contributed by atoms with Crippen LogP contribution in [0.4, 0.5) is 11.5 Å². The molecule has 2 amide bonds. The zero-order valence-corrected chi connectivity index (χ0v) is 14.2. The molecule has 0 aliphatic carbocycles. The lowest BCUT2D eigenvalue weighted by molar-refractivity contribution is -0.121. The lowest BCUT2D eigenvalue weighted by atomic mass is 10.1. The Bertz CT molecular complexity index is 731. The molecule has 0 radical (unpaired) electrons. The van der Waals surface area contributed by atoms with Crippen LogP contribution in [0.3, 0.4) is 0 Å². The largest absolute Gasteiger partial charge is 0.354 e. The summed E-state index contributed by atoms with van der Waals surface area (Å²) >= 11 is 0. The molecule has 130 valence electrons. The maximum absolute atomic E-state index is 12.3. The zero-order valence-electron chi connectivity index (χ0n) is 14.2. The average Bonchev–Trinajstić information content (AvgIpc) is 3.05. The van der Waals surface area contributed by atoms with E-state index in [1.54, 1.807) is 6.20 Å². The van der Waals surface area contributed by atoms with Crippen molar-refractivity contribution < 1.29 is 9.59 Å². The number of carbonyl (C=O) groups is 2. The van der Waals surface area contributed by atoms with E-state index in [9.17, 15) is 9.59 Å². The predicted molar refractivity (Wildman–Crippen MR) is 97.4 cm³/mol. The van der Waals surface area contributed by atoms with Crippen LogP contribution in [0.1, 0.15) is 18.9 Å². The molecular weight excluding hydrogens is 316 g/mol. The van der Waals surface area contributed by atoms with Crippen molar-refractivity contribution in [1.29, 1.82) is 0 Å². The number of benzene rings is 1. The minimum Gasteiger partial charge on any atom is -0.354 e. The number of pyridine rings is 1. The quantitative estimate of drug-likeness (QED) is 0.874. The van der Waals surface area contributed by atoms with Crippen LogP contribution in [-0.2, 0) is 16.0 Å². The number of aromatic nitrogens is 1. The van der Waals surface area contributed by atoms with E-state index >= 15 is 0 Å². The molecule has 0 saturated carbocycles. The van der Waals surface area contributed by atoms with Crippen LogP contribution < -0.4 is 15.5 Å². The van der Waals surface area contributed by atoms with Crippen LogP contribution in [0.2, 0.25) is 0 Å². The number of carbonyl (C=O) groups excluding carboxylic acids is 2. The second-order valence-corrected chi connectivity index (χ2v) is 6.24. The van der Waals surface area contributed by atoms with Gasteiger partial charge in [0.25, 0.3) is 0 Å². The predicted octanol–water partition coefficient (Wildman–Crippen LogP) is 1.98. The first-order chi connectivity index (χ1) is 12.1. The molecule has 0 spiro atoms. The zero-order chi connectivity index (χ0) is 17.6. The van der Waals surface area contributed by atoms with E-state index in [2.05, 4.69) is 20.5 Å². The van der Waals surface area contributed by atoms with E-state index in [4.69, 9.17) is 0 Å². The van der Waals surface area contributed by atoms with Gasteiger partial charge in [-0.05, 0) is 36.2 Å². The van der Waals surface area contributed by atoms with E-state index in [0.29, 0.717) is 6.42 Å². The molecule has 1 saturated heterocycles. The fourth-order valence-corrected chi connectivity index (χ4v) is 3.00. The Labute approximate surface area is 147 Å². The molecule has 25 heavy (non-hydrogen) atoms. The molecule has 1 unspecified atom stereocenters. The number of amides is 2. The Morgan fingerprint density at radius 3 is 2.68 bits per heavy atom. The first-order valence-electron chi connectivity index (χ1n) is 8.42. The van der Waals surface area contributed by atoms with Crippen molar-refractivity contribution in [3.05, 3.63) is 54.2 Å². The number of rotatable bonds is 5. The van der Waals surface area contributed by atoms with Crippen LogP contribution in [0.15, 0.2) is 48.7 Å². The summed E-state index contributed by atoms with van der Waals surface area (Å²) in [6.45, 7) is 3.15. The third-order valence-electron chi connectivity index (χ3n) is 4.17. The molecule has 1 aliphatic rings. The van der Waals surface area contributed by atoms with Crippen LogP contribution >= 0.6 is 0 Å². The third kappa shape index (κ3) is 4.79.